The molecule has 0 spiro atoms. The van der Waals surface area contributed by atoms with Crippen LogP contribution in [0.25, 0.3) is 0 Å². The molecule has 0 saturated heterocycles. The highest BCUT2D eigenvalue weighted by Crippen LogP contribution is 2.25. The maximum Gasteiger partial charge on any atom is 0.338 e. The summed E-state index contributed by atoms with van der Waals surface area (Å²) >= 11 is 0. The summed E-state index contributed by atoms with van der Waals surface area (Å²) in [6.45, 7) is 1.86. The molecule has 1 unspecified atom stereocenters. The van der Waals surface area contributed by atoms with Crippen molar-refractivity contribution in [3.8, 4) is 5.75 Å². The minimum absolute atomic E-state index is 0.00404. The second kappa shape index (κ2) is 8.61. The van der Waals surface area contributed by atoms with E-state index in [-0.39, 0.29) is 28.8 Å². The highest BCUT2D eigenvalue weighted by Gasteiger charge is 2.14. The molecule has 0 aliphatic rings. The molecule has 2 aromatic carbocycles. The number of benzene rings is 2. The van der Waals surface area contributed by atoms with Crippen LogP contribution in [-0.2, 0) is 21.3 Å². The predicted octanol–water partition coefficient (Wildman–Crippen LogP) is 2.87. The molecule has 0 aliphatic heterocycles. The molecule has 0 bridgehead atoms. The fourth-order valence-electron chi connectivity index (χ4n) is 2.16. The Morgan fingerprint density at radius 2 is 1.92 bits per heavy atom. The van der Waals surface area contributed by atoms with E-state index in [0.717, 1.165) is 0 Å². The van der Waals surface area contributed by atoms with E-state index in [0.29, 0.717) is 16.2 Å². The van der Waals surface area contributed by atoms with Gasteiger partial charge in [0.05, 0.1) is 41.5 Å². The number of carbonyl (C=O) groups is 1. The normalized spacial score (nSPS) is 11.7. The fraction of sp³-hybridized carbons (Fsp3) is 0.235. The maximum absolute atomic E-state index is 12.5. The van der Waals surface area contributed by atoms with Gasteiger partial charge in [-0.05, 0) is 48.9 Å². The van der Waals surface area contributed by atoms with Crippen LogP contribution in [0, 0.1) is 5.21 Å². The van der Waals surface area contributed by atoms with Gasteiger partial charge in [0.25, 0.3) is 0 Å². The fourth-order valence-corrected chi connectivity index (χ4v) is 3.29. The van der Waals surface area contributed by atoms with Crippen molar-refractivity contribution in [3.05, 3.63) is 58.8 Å². The lowest BCUT2D eigenvalue weighted by Crippen LogP contribution is -2.13. The molecule has 1 N–H and O–H groups in total. The standard InChI is InChI=1S/C17H18NO6S/c1-3-24-17(19)12-4-5-13(16(10-12)18(20)21)11-25(22)15-8-6-14(23-2)7-9-15/h4-10,20H,3,11H2,1-2H3/q-1. The summed E-state index contributed by atoms with van der Waals surface area (Å²) < 4.78 is 22.4. The van der Waals surface area contributed by atoms with Gasteiger partial charge in [0.15, 0.2) is 0 Å². The van der Waals surface area contributed by atoms with Crippen molar-refractivity contribution in [2.45, 2.75) is 17.6 Å². The minimum atomic E-state index is -1.44. The molecule has 0 fully saturated rings. The zero-order chi connectivity index (χ0) is 18.4. The number of anilines is 1. The lowest BCUT2D eigenvalue weighted by molar-refractivity contribution is 0.0526. The average molecular weight is 364 g/mol. The number of esters is 1. The van der Waals surface area contributed by atoms with Gasteiger partial charge in [-0.1, -0.05) is 6.07 Å². The van der Waals surface area contributed by atoms with Gasteiger partial charge in [-0.15, -0.1) is 0 Å². The number of methoxy groups -OCH3 is 1. The third-order valence-corrected chi connectivity index (χ3v) is 4.78. The average Bonchev–Trinajstić information content (AvgIpc) is 2.62. The van der Waals surface area contributed by atoms with Crippen molar-refractivity contribution in [1.29, 1.82) is 0 Å². The van der Waals surface area contributed by atoms with Crippen LogP contribution in [0.5, 0.6) is 5.75 Å². The van der Waals surface area contributed by atoms with E-state index in [4.69, 9.17) is 9.47 Å². The number of hydrogen-bond donors (Lipinski definition) is 1. The molecule has 2 rings (SSSR count). The van der Waals surface area contributed by atoms with Crippen LogP contribution in [0.2, 0.25) is 0 Å². The topological polar surface area (TPSA) is 99.1 Å². The van der Waals surface area contributed by atoms with Gasteiger partial charge in [-0.25, -0.2) is 4.79 Å². The zero-order valence-electron chi connectivity index (χ0n) is 13.8. The molecule has 0 aromatic heterocycles. The van der Waals surface area contributed by atoms with Crippen molar-refractivity contribution < 1.29 is 23.7 Å². The van der Waals surface area contributed by atoms with Crippen molar-refractivity contribution in [2.75, 3.05) is 18.9 Å². The van der Waals surface area contributed by atoms with E-state index in [2.05, 4.69) is 0 Å². The minimum Gasteiger partial charge on any atom is -0.733 e. The molecule has 2 aromatic rings. The van der Waals surface area contributed by atoms with Crippen LogP contribution < -0.4 is 9.96 Å². The maximum atomic E-state index is 12.5. The van der Waals surface area contributed by atoms with Crippen molar-refractivity contribution >= 4 is 22.5 Å². The van der Waals surface area contributed by atoms with E-state index in [1.807, 2.05) is 0 Å². The molecule has 0 heterocycles. The number of ether oxygens (including phenoxy) is 2. The Hall–Kier alpha value is -2.42. The summed E-state index contributed by atoms with van der Waals surface area (Å²) in [5.74, 6) is 0.0408. The Morgan fingerprint density at radius 3 is 2.48 bits per heavy atom. The second-order valence-corrected chi connectivity index (χ2v) is 6.45. The second-order valence-electron chi connectivity index (χ2n) is 5.00. The number of carbonyl (C=O) groups excluding carboxylic acids is 1. The van der Waals surface area contributed by atoms with Gasteiger partial charge in [0.2, 0.25) is 0 Å². The summed E-state index contributed by atoms with van der Waals surface area (Å²) in [6.07, 6.45) is 0. The van der Waals surface area contributed by atoms with Crippen molar-refractivity contribution in [1.82, 2.24) is 0 Å². The Kier molecular flexibility index (Phi) is 6.51. The summed E-state index contributed by atoms with van der Waals surface area (Å²) in [5, 5.41) is 20.4. The van der Waals surface area contributed by atoms with Gasteiger partial charge in [-0.2, -0.15) is 0 Å². The quantitative estimate of drug-likeness (QED) is 0.596. The molecular formula is C17H18NO6S-. The SMILES string of the molecule is CCOC(=O)c1ccc(CS(=O)c2ccc(OC)cc2)c(N([O-])O)c1. The van der Waals surface area contributed by atoms with Crippen molar-refractivity contribution in [2.24, 2.45) is 0 Å². The molecule has 1 atom stereocenters. The predicted molar refractivity (Wildman–Crippen MR) is 93.1 cm³/mol. The highest BCUT2D eigenvalue weighted by atomic mass is 32.2. The Labute approximate surface area is 147 Å². The number of hydrogen-bond acceptors (Lipinski definition) is 7. The molecule has 0 amide bonds. The lowest BCUT2D eigenvalue weighted by atomic mass is 10.1. The molecule has 8 heteroatoms. The van der Waals surface area contributed by atoms with Gasteiger partial charge in [0, 0.05) is 4.90 Å². The molecule has 25 heavy (non-hydrogen) atoms. The first kappa shape index (κ1) is 18.9. The van der Waals surface area contributed by atoms with Gasteiger partial charge >= 0.3 is 5.97 Å². The zero-order valence-corrected chi connectivity index (χ0v) is 14.6. The van der Waals surface area contributed by atoms with Crippen LogP contribution >= 0.6 is 0 Å². The Bertz CT molecular complexity index is 760. The van der Waals surface area contributed by atoms with E-state index in [9.17, 15) is 19.4 Å². The number of nitrogens with zero attached hydrogens (tertiary/aromatic N) is 1. The third kappa shape index (κ3) is 4.79. The highest BCUT2D eigenvalue weighted by molar-refractivity contribution is 7.84. The number of rotatable bonds is 7. The molecule has 0 radical (unpaired) electrons. The largest absolute Gasteiger partial charge is 0.733 e. The van der Waals surface area contributed by atoms with Crippen molar-refractivity contribution in [3.63, 3.8) is 0 Å². The third-order valence-electron chi connectivity index (χ3n) is 3.41. The molecule has 7 nitrogen and oxygen atoms in total. The van der Waals surface area contributed by atoms with Crippen LogP contribution in [0.4, 0.5) is 5.69 Å². The van der Waals surface area contributed by atoms with Gasteiger partial charge in [-0.3, -0.25) is 9.42 Å². The smallest absolute Gasteiger partial charge is 0.338 e. The summed E-state index contributed by atoms with van der Waals surface area (Å²) in [5.41, 5.74) is 0.331. The van der Waals surface area contributed by atoms with E-state index in [1.165, 1.54) is 25.3 Å². The van der Waals surface area contributed by atoms with Crippen LogP contribution in [0.1, 0.15) is 22.8 Å². The summed E-state index contributed by atoms with van der Waals surface area (Å²) in [7, 11) is 0.0946. The molecule has 0 aliphatic carbocycles. The molecular weight excluding hydrogens is 346 g/mol. The monoisotopic (exact) mass is 364 g/mol. The molecule has 134 valence electrons. The van der Waals surface area contributed by atoms with E-state index >= 15 is 0 Å². The lowest BCUT2D eigenvalue weighted by Gasteiger charge is -2.25. The van der Waals surface area contributed by atoms with Gasteiger partial charge < -0.3 is 19.9 Å². The van der Waals surface area contributed by atoms with Gasteiger partial charge in [0.1, 0.15) is 5.75 Å². The Balaban J connectivity index is 2.25. The summed E-state index contributed by atoms with van der Waals surface area (Å²) in [4.78, 5) is 12.3. The first-order valence-electron chi connectivity index (χ1n) is 7.45. The van der Waals surface area contributed by atoms with E-state index < -0.39 is 16.8 Å². The van der Waals surface area contributed by atoms with Crippen LogP contribution in [0.15, 0.2) is 47.4 Å². The summed E-state index contributed by atoms with van der Waals surface area (Å²) in [6, 6.07) is 10.8. The van der Waals surface area contributed by atoms with Crippen LogP contribution in [-0.4, -0.2) is 29.1 Å². The molecule has 0 saturated carbocycles. The Morgan fingerprint density at radius 1 is 1.24 bits per heavy atom. The first-order valence-corrected chi connectivity index (χ1v) is 8.76. The van der Waals surface area contributed by atoms with Crippen LogP contribution in [0.3, 0.4) is 0 Å². The first-order chi connectivity index (χ1) is 12.0. The van der Waals surface area contributed by atoms with E-state index in [1.54, 1.807) is 31.2 Å².